The Morgan fingerprint density at radius 1 is 1.00 bits per heavy atom. The average Bonchev–Trinajstić information content (AvgIpc) is 3.24. The number of carbonyl (C=O) groups is 2. The monoisotopic (exact) mass is 476 g/mol. The topological polar surface area (TPSA) is 84.0 Å². The van der Waals surface area contributed by atoms with Crippen molar-refractivity contribution < 1.29 is 9.59 Å². The summed E-state index contributed by atoms with van der Waals surface area (Å²) in [6.45, 7) is 5.52. The number of fused-ring (bicyclic) bond motifs is 1. The molecule has 1 unspecified atom stereocenters. The summed E-state index contributed by atoms with van der Waals surface area (Å²) < 4.78 is 0. The lowest BCUT2D eigenvalue weighted by atomic mass is 10.1. The van der Waals surface area contributed by atoms with Crippen molar-refractivity contribution in [3.05, 3.63) is 65.8 Å². The van der Waals surface area contributed by atoms with Crippen LogP contribution in [-0.2, 0) is 9.59 Å². The van der Waals surface area contributed by atoms with E-state index in [1.165, 1.54) is 24.2 Å². The van der Waals surface area contributed by atoms with Gasteiger partial charge in [0.2, 0.25) is 11.8 Å². The van der Waals surface area contributed by atoms with Crippen LogP contribution in [0.25, 0.3) is 21.3 Å². The van der Waals surface area contributed by atoms with Crippen molar-refractivity contribution >= 4 is 56.5 Å². The van der Waals surface area contributed by atoms with Crippen molar-refractivity contribution in [3.8, 4) is 11.1 Å². The SMILES string of the molecule is CCC(Sc1ncnc2scc(-c3ccc(C)cc3)c12)C(=O)Nc1ccc(NC(C)=O)cc1. The number of hydrogen-bond acceptors (Lipinski definition) is 6. The maximum Gasteiger partial charge on any atom is 0.237 e. The third-order valence-corrected chi connectivity index (χ3v) is 7.34. The number of benzene rings is 2. The molecule has 2 heterocycles. The van der Waals surface area contributed by atoms with E-state index < -0.39 is 0 Å². The number of nitrogens with one attached hydrogen (secondary N) is 2. The average molecular weight is 477 g/mol. The third-order valence-electron chi connectivity index (χ3n) is 5.09. The first-order chi connectivity index (χ1) is 15.9. The molecule has 6 nitrogen and oxygen atoms in total. The van der Waals surface area contributed by atoms with Gasteiger partial charge in [0.15, 0.2) is 0 Å². The molecule has 33 heavy (non-hydrogen) atoms. The predicted molar refractivity (Wildman–Crippen MR) is 137 cm³/mol. The largest absolute Gasteiger partial charge is 0.326 e. The molecule has 0 spiro atoms. The molecule has 2 amide bonds. The summed E-state index contributed by atoms with van der Waals surface area (Å²) in [4.78, 5) is 34.1. The Bertz CT molecular complexity index is 1280. The summed E-state index contributed by atoms with van der Waals surface area (Å²) in [6, 6.07) is 15.5. The minimum atomic E-state index is -0.316. The summed E-state index contributed by atoms with van der Waals surface area (Å²) >= 11 is 3.04. The Labute approximate surface area is 200 Å². The molecule has 2 aromatic heterocycles. The van der Waals surface area contributed by atoms with Gasteiger partial charge in [-0.05, 0) is 43.2 Å². The molecular formula is C25H24N4O2S2. The van der Waals surface area contributed by atoms with Gasteiger partial charge in [-0.15, -0.1) is 11.3 Å². The highest BCUT2D eigenvalue weighted by atomic mass is 32.2. The van der Waals surface area contributed by atoms with Gasteiger partial charge in [0.25, 0.3) is 0 Å². The third kappa shape index (κ3) is 5.40. The van der Waals surface area contributed by atoms with Gasteiger partial charge in [-0.2, -0.15) is 0 Å². The van der Waals surface area contributed by atoms with Crippen molar-refractivity contribution in [2.75, 3.05) is 10.6 Å². The number of anilines is 2. The molecule has 0 saturated carbocycles. The van der Waals surface area contributed by atoms with Crippen molar-refractivity contribution in [2.45, 2.75) is 37.5 Å². The van der Waals surface area contributed by atoms with Gasteiger partial charge in [0, 0.05) is 29.2 Å². The normalized spacial score (nSPS) is 11.8. The minimum absolute atomic E-state index is 0.0892. The van der Waals surface area contributed by atoms with Crippen LogP contribution in [0.4, 0.5) is 11.4 Å². The van der Waals surface area contributed by atoms with Gasteiger partial charge in [-0.1, -0.05) is 48.5 Å². The fourth-order valence-corrected chi connectivity index (χ4v) is 5.42. The van der Waals surface area contributed by atoms with Crippen LogP contribution in [0.2, 0.25) is 0 Å². The lowest BCUT2D eigenvalue weighted by Crippen LogP contribution is -2.24. The van der Waals surface area contributed by atoms with Crippen LogP contribution >= 0.6 is 23.1 Å². The Kier molecular flexibility index (Phi) is 7.05. The Morgan fingerprint density at radius 2 is 1.67 bits per heavy atom. The highest BCUT2D eigenvalue weighted by Gasteiger charge is 2.22. The molecule has 4 aromatic rings. The first-order valence-electron chi connectivity index (χ1n) is 10.6. The van der Waals surface area contributed by atoms with E-state index in [1.807, 2.05) is 6.92 Å². The van der Waals surface area contributed by atoms with Gasteiger partial charge in [-0.3, -0.25) is 9.59 Å². The Balaban J connectivity index is 1.56. The van der Waals surface area contributed by atoms with E-state index in [1.54, 1.807) is 41.9 Å². The maximum atomic E-state index is 13.0. The summed E-state index contributed by atoms with van der Waals surface area (Å²) in [6.07, 6.45) is 2.21. The number of nitrogens with zero attached hydrogens (tertiary/aromatic N) is 2. The van der Waals surface area contributed by atoms with Gasteiger partial charge in [0.05, 0.1) is 10.6 Å². The highest BCUT2D eigenvalue weighted by molar-refractivity contribution is 8.00. The number of aromatic nitrogens is 2. The lowest BCUT2D eigenvalue weighted by Gasteiger charge is -2.15. The minimum Gasteiger partial charge on any atom is -0.326 e. The van der Waals surface area contributed by atoms with Crippen LogP contribution in [0, 0.1) is 6.92 Å². The second-order valence-electron chi connectivity index (χ2n) is 7.64. The van der Waals surface area contributed by atoms with Crippen LogP contribution in [0.5, 0.6) is 0 Å². The number of thiophene rings is 1. The summed E-state index contributed by atoms with van der Waals surface area (Å²) in [5.74, 6) is -0.225. The molecule has 2 N–H and O–H groups in total. The highest BCUT2D eigenvalue weighted by Crippen LogP contribution is 2.39. The van der Waals surface area contributed by atoms with E-state index in [0.717, 1.165) is 26.4 Å². The Morgan fingerprint density at radius 3 is 2.30 bits per heavy atom. The second-order valence-corrected chi connectivity index (χ2v) is 9.69. The first kappa shape index (κ1) is 22.9. The van der Waals surface area contributed by atoms with Crippen molar-refractivity contribution in [2.24, 2.45) is 0 Å². The summed E-state index contributed by atoms with van der Waals surface area (Å²) in [7, 11) is 0. The molecule has 0 radical (unpaired) electrons. The Hall–Kier alpha value is -3.23. The lowest BCUT2D eigenvalue weighted by molar-refractivity contribution is -0.116. The molecule has 0 fully saturated rings. The van der Waals surface area contributed by atoms with Crippen molar-refractivity contribution in [3.63, 3.8) is 0 Å². The van der Waals surface area contributed by atoms with Gasteiger partial charge >= 0.3 is 0 Å². The quantitative estimate of drug-likeness (QED) is 0.247. The summed E-state index contributed by atoms with van der Waals surface area (Å²) in [5, 5.41) is 9.27. The number of thioether (sulfide) groups is 1. The van der Waals surface area contributed by atoms with Crippen LogP contribution in [0.1, 0.15) is 25.8 Å². The molecule has 0 aliphatic heterocycles. The standard InChI is InChI=1S/C25H24N4O2S2/c1-4-21(23(31)29-19-11-9-18(10-12-19)28-16(3)30)33-25-22-20(13-32-24(22)26-14-27-25)17-7-5-15(2)6-8-17/h5-14,21H,4H2,1-3H3,(H,28,30)(H,29,31). The molecule has 1 atom stereocenters. The van der Waals surface area contributed by atoms with E-state index in [0.29, 0.717) is 17.8 Å². The number of rotatable bonds is 7. The van der Waals surface area contributed by atoms with E-state index in [-0.39, 0.29) is 17.1 Å². The molecular weight excluding hydrogens is 452 g/mol. The molecule has 8 heteroatoms. The second kappa shape index (κ2) is 10.1. The number of hydrogen-bond donors (Lipinski definition) is 2. The smallest absolute Gasteiger partial charge is 0.237 e. The zero-order valence-electron chi connectivity index (χ0n) is 18.6. The predicted octanol–water partition coefficient (Wildman–Crippen LogP) is 6.13. The molecule has 2 aromatic carbocycles. The number of aryl methyl sites for hydroxylation is 1. The number of amides is 2. The van der Waals surface area contributed by atoms with Gasteiger partial charge in [-0.25, -0.2) is 9.97 Å². The zero-order chi connectivity index (χ0) is 23.4. The van der Waals surface area contributed by atoms with Crippen LogP contribution < -0.4 is 10.6 Å². The molecule has 168 valence electrons. The van der Waals surface area contributed by atoms with E-state index in [2.05, 4.69) is 57.2 Å². The van der Waals surface area contributed by atoms with Crippen molar-refractivity contribution in [1.82, 2.24) is 9.97 Å². The van der Waals surface area contributed by atoms with E-state index in [4.69, 9.17) is 0 Å². The molecule has 0 aliphatic carbocycles. The molecule has 0 aliphatic rings. The fraction of sp³-hybridized carbons (Fsp3) is 0.200. The van der Waals surface area contributed by atoms with Gasteiger partial charge in [0.1, 0.15) is 16.2 Å². The summed E-state index contributed by atoms with van der Waals surface area (Å²) in [5.41, 5.74) is 4.77. The van der Waals surface area contributed by atoms with Crippen LogP contribution in [0.15, 0.2) is 65.3 Å². The number of carbonyl (C=O) groups excluding carboxylic acids is 2. The maximum absolute atomic E-state index is 13.0. The fourth-order valence-electron chi connectivity index (χ4n) is 3.40. The molecule has 0 saturated heterocycles. The molecule has 0 bridgehead atoms. The first-order valence-corrected chi connectivity index (χ1v) is 12.3. The zero-order valence-corrected chi connectivity index (χ0v) is 20.2. The van der Waals surface area contributed by atoms with Gasteiger partial charge < -0.3 is 10.6 Å². The van der Waals surface area contributed by atoms with Crippen LogP contribution in [0.3, 0.4) is 0 Å². The van der Waals surface area contributed by atoms with Crippen molar-refractivity contribution in [1.29, 1.82) is 0 Å². The van der Waals surface area contributed by atoms with E-state index in [9.17, 15) is 9.59 Å². The van der Waals surface area contributed by atoms with E-state index >= 15 is 0 Å². The van der Waals surface area contributed by atoms with Crippen LogP contribution in [-0.4, -0.2) is 27.0 Å². The molecule has 4 rings (SSSR count).